The number of hydrogen-bond acceptors (Lipinski definition) is 4. The quantitative estimate of drug-likeness (QED) is 0.780. The van der Waals surface area contributed by atoms with Crippen molar-refractivity contribution in [2.45, 2.75) is 17.7 Å². The Labute approximate surface area is 109 Å². The van der Waals surface area contributed by atoms with E-state index in [2.05, 4.69) is 47.0 Å². The third-order valence-corrected chi connectivity index (χ3v) is 4.04. The van der Waals surface area contributed by atoms with Gasteiger partial charge < -0.3 is 0 Å². The van der Waals surface area contributed by atoms with Gasteiger partial charge in [-0.1, -0.05) is 12.1 Å². The Morgan fingerprint density at radius 1 is 1.35 bits per heavy atom. The third-order valence-electron chi connectivity index (χ3n) is 2.39. The Morgan fingerprint density at radius 2 is 2.12 bits per heavy atom. The van der Waals surface area contributed by atoms with Gasteiger partial charge in [-0.25, -0.2) is 4.98 Å². The minimum Gasteiger partial charge on any atom is -0.241 e. The molecule has 0 aliphatic rings. The lowest BCUT2D eigenvalue weighted by Gasteiger charge is -1.98. The van der Waals surface area contributed by atoms with Crippen molar-refractivity contribution in [3.05, 3.63) is 34.7 Å². The molecule has 17 heavy (non-hydrogen) atoms. The minimum atomic E-state index is 0.540. The van der Waals surface area contributed by atoms with Gasteiger partial charge in [0.05, 0.1) is 16.8 Å². The van der Waals surface area contributed by atoms with Crippen molar-refractivity contribution >= 4 is 23.1 Å². The first kappa shape index (κ1) is 12.2. The van der Waals surface area contributed by atoms with Crippen molar-refractivity contribution < 1.29 is 0 Å². The average molecular weight is 260 g/mol. The van der Waals surface area contributed by atoms with E-state index in [4.69, 9.17) is 5.26 Å². The number of benzene rings is 1. The fraction of sp³-hybridized carbons (Fsp3) is 0.231. The number of hydrogen-bond donors (Lipinski definition) is 0. The van der Waals surface area contributed by atoms with Gasteiger partial charge in [-0.3, -0.25) is 0 Å². The van der Waals surface area contributed by atoms with Gasteiger partial charge in [-0.15, -0.1) is 23.1 Å². The van der Waals surface area contributed by atoms with Gasteiger partial charge in [-0.05, 0) is 18.4 Å². The zero-order valence-electron chi connectivity index (χ0n) is 9.51. The molecular formula is C13H12N2S2. The summed E-state index contributed by atoms with van der Waals surface area (Å²) in [7, 11) is 0. The van der Waals surface area contributed by atoms with Gasteiger partial charge in [0, 0.05) is 28.7 Å². The molecule has 0 amide bonds. The van der Waals surface area contributed by atoms with Crippen molar-refractivity contribution in [1.29, 1.82) is 5.26 Å². The Kier molecular flexibility index (Phi) is 4.18. The van der Waals surface area contributed by atoms with Crippen molar-refractivity contribution in [3.8, 4) is 17.3 Å². The fourth-order valence-corrected chi connectivity index (χ4v) is 2.70. The molecule has 0 N–H and O–H groups in total. The largest absolute Gasteiger partial charge is 0.241 e. The zero-order chi connectivity index (χ0) is 12.1. The summed E-state index contributed by atoms with van der Waals surface area (Å²) in [5, 5.41) is 11.6. The van der Waals surface area contributed by atoms with Crippen molar-refractivity contribution in [2.24, 2.45) is 0 Å². The van der Waals surface area contributed by atoms with Crippen LogP contribution < -0.4 is 0 Å². The van der Waals surface area contributed by atoms with Gasteiger partial charge in [0.25, 0.3) is 0 Å². The van der Waals surface area contributed by atoms with E-state index in [0.29, 0.717) is 6.42 Å². The summed E-state index contributed by atoms with van der Waals surface area (Å²) < 4.78 is 0. The molecule has 0 aliphatic carbocycles. The molecule has 0 saturated heterocycles. The summed E-state index contributed by atoms with van der Waals surface area (Å²) >= 11 is 3.36. The van der Waals surface area contributed by atoms with Gasteiger partial charge >= 0.3 is 0 Å². The molecular weight excluding hydrogens is 248 g/mol. The molecule has 0 radical (unpaired) electrons. The highest BCUT2D eigenvalue weighted by Crippen LogP contribution is 2.24. The standard InChI is InChI=1S/C13H12N2S2/c1-16-11-6-4-10(5-7-11)12-9-17-13(15-12)3-2-8-14/h4-7,9H,2-3H2,1H3. The molecule has 0 saturated carbocycles. The lowest BCUT2D eigenvalue weighted by Crippen LogP contribution is -1.83. The number of aryl methyl sites for hydroxylation is 1. The van der Waals surface area contributed by atoms with Gasteiger partial charge in [0.2, 0.25) is 0 Å². The molecule has 2 aromatic rings. The molecule has 1 aromatic heterocycles. The number of thioether (sulfide) groups is 1. The zero-order valence-corrected chi connectivity index (χ0v) is 11.1. The van der Waals surface area contributed by atoms with Gasteiger partial charge in [0.15, 0.2) is 0 Å². The molecule has 86 valence electrons. The van der Waals surface area contributed by atoms with Crippen LogP contribution >= 0.6 is 23.1 Å². The normalized spacial score (nSPS) is 10.1. The first-order chi connectivity index (χ1) is 8.33. The number of rotatable bonds is 4. The maximum Gasteiger partial charge on any atom is 0.0942 e. The van der Waals surface area contributed by atoms with E-state index in [1.807, 2.05) is 0 Å². The van der Waals surface area contributed by atoms with E-state index in [1.54, 1.807) is 23.1 Å². The topological polar surface area (TPSA) is 36.7 Å². The minimum absolute atomic E-state index is 0.540. The summed E-state index contributed by atoms with van der Waals surface area (Å²) in [4.78, 5) is 5.79. The maximum atomic E-state index is 8.53. The first-order valence-electron chi connectivity index (χ1n) is 5.29. The fourth-order valence-electron chi connectivity index (χ4n) is 1.48. The van der Waals surface area contributed by atoms with Crippen molar-refractivity contribution in [2.75, 3.05) is 6.26 Å². The van der Waals surface area contributed by atoms with Crippen LogP contribution in [-0.4, -0.2) is 11.2 Å². The summed E-state index contributed by atoms with van der Waals surface area (Å²) in [6.45, 7) is 0. The lowest BCUT2D eigenvalue weighted by atomic mass is 10.2. The molecule has 2 nitrogen and oxygen atoms in total. The van der Waals surface area contributed by atoms with E-state index in [0.717, 1.165) is 22.7 Å². The predicted molar refractivity (Wildman–Crippen MR) is 73.3 cm³/mol. The van der Waals surface area contributed by atoms with Crippen LogP contribution in [0.5, 0.6) is 0 Å². The van der Waals surface area contributed by atoms with Crippen LogP contribution in [0.2, 0.25) is 0 Å². The van der Waals surface area contributed by atoms with E-state index in [1.165, 1.54) is 4.90 Å². The smallest absolute Gasteiger partial charge is 0.0942 e. The summed E-state index contributed by atoms with van der Waals surface area (Å²) in [6, 6.07) is 10.5. The Bertz CT molecular complexity index is 523. The van der Waals surface area contributed by atoms with Crippen LogP contribution in [0, 0.1) is 11.3 Å². The predicted octanol–water partition coefficient (Wildman–Crippen LogP) is 3.99. The van der Waals surface area contributed by atoms with Gasteiger partial charge in [-0.2, -0.15) is 5.26 Å². The second-order valence-corrected chi connectivity index (χ2v) is 5.34. The summed E-state index contributed by atoms with van der Waals surface area (Å²) in [5.74, 6) is 0. The highest BCUT2D eigenvalue weighted by atomic mass is 32.2. The van der Waals surface area contributed by atoms with Crippen LogP contribution in [0.25, 0.3) is 11.3 Å². The summed E-state index contributed by atoms with van der Waals surface area (Å²) in [6.07, 6.45) is 3.36. The van der Waals surface area contributed by atoms with Crippen molar-refractivity contribution in [3.63, 3.8) is 0 Å². The Morgan fingerprint density at radius 3 is 2.76 bits per heavy atom. The monoisotopic (exact) mass is 260 g/mol. The Balaban J connectivity index is 2.16. The number of nitriles is 1. The molecule has 1 heterocycles. The van der Waals surface area contributed by atoms with E-state index in [-0.39, 0.29) is 0 Å². The Hall–Kier alpha value is -1.31. The second kappa shape index (κ2) is 5.85. The highest BCUT2D eigenvalue weighted by molar-refractivity contribution is 7.98. The molecule has 0 atom stereocenters. The SMILES string of the molecule is CSc1ccc(-c2csc(CCC#N)n2)cc1. The van der Waals surface area contributed by atoms with Crippen LogP contribution in [-0.2, 0) is 6.42 Å². The molecule has 0 fully saturated rings. The highest BCUT2D eigenvalue weighted by Gasteiger charge is 2.04. The molecule has 0 bridgehead atoms. The number of thiazole rings is 1. The second-order valence-electron chi connectivity index (χ2n) is 3.51. The molecule has 0 unspecified atom stereocenters. The first-order valence-corrected chi connectivity index (χ1v) is 7.39. The lowest BCUT2D eigenvalue weighted by molar-refractivity contribution is 0.990. The van der Waals surface area contributed by atoms with Crippen LogP contribution in [0.15, 0.2) is 34.5 Å². The van der Waals surface area contributed by atoms with Crippen molar-refractivity contribution in [1.82, 2.24) is 4.98 Å². The van der Waals surface area contributed by atoms with Crippen LogP contribution in [0.1, 0.15) is 11.4 Å². The van der Waals surface area contributed by atoms with Crippen LogP contribution in [0.4, 0.5) is 0 Å². The maximum absolute atomic E-state index is 8.53. The molecule has 4 heteroatoms. The van der Waals surface area contributed by atoms with E-state index < -0.39 is 0 Å². The number of aromatic nitrogens is 1. The molecule has 2 rings (SSSR count). The molecule has 0 spiro atoms. The number of nitrogens with zero attached hydrogens (tertiary/aromatic N) is 2. The molecule has 1 aromatic carbocycles. The average Bonchev–Trinajstić information content (AvgIpc) is 2.85. The molecule has 0 aliphatic heterocycles. The van der Waals surface area contributed by atoms with E-state index >= 15 is 0 Å². The van der Waals surface area contributed by atoms with Crippen LogP contribution in [0.3, 0.4) is 0 Å². The third kappa shape index (κ3) is 3.09. The van der Waals surface area contributed by atoms with Gasteiger partial charge in [0.1, 0.15) is 0 Å². The summed E-state index contributed by atoms with van der Waals surface area (Å²) in [5.41, 5.74) is 2.15. The van der Waals surface area contributed by atoms with E-state index in [9.17, 15) is 0 Å².